The maximum Gasteiger partial charge on any atom is 0.169 e. The van der Waals surface area contributed by atoms with Crippen LogP contribution in [-0.4, -0.2) is 105 Å². The molecule has 3 aliphatic heterocycles. The molecule has 0 aliphatic carbocycles. The SMILES string of the molecule is CN1C=CC(/C=C/c2ccc(N3CCN(CCSSCCN4CCN(c5ccc(/C=C/c6cc[n+](C)cc6)cc5)CC4)CC3)cc2)=CC1. The second-order valence-corrected chi connectivity index (χ2v) is 15.6. The Bertz CT molecular complexity index is 1530. The monoisotopic (exact) mass is 679 g/mol. The third-order valence-electron chi connectivity index (χ3n) is 9.40. The molecule has 6 nitrogen and oxygen atoms in total. The minimum atomic E-state index is 0.975. The molecule has 0 spiro atoms. The van der Waals surface area contributed by atoms with E-state index in [1.165, 1.54) is 58.2 Å². The smallest absolute Gasteiger partial charge is 0.169 e. The lowest BCUT2D eigenvalue weighted by Crippen LogP contribution is -2.47. The van der Waals surface area contributed by atoms with E-state index in [9.17, 15) is 0 Å². The summed E-state index contributed by atoms with van der Waals surface area (Å²) in [5.74, 6) is 2.41. The van der Waals surface area contributed by atoms with E-state index >= 15 is 0 Å². The zero-order chi connectivity index (χ0) is 33.0. The average Bonchev–Trinajstić information content (AvgIpc) is 3.14. The number of nitrogens with zero attached hydrogens (tertiary/aromatic N) is 6. The summed E-state index contributed by atoms with van der Waals surface area (Å²) in [5.41, 5.74) is 7.68. The Morgan fingerprint density at radius 2 is 1.06 bits per heavy atom. The van der Waals surface area contributed by atoms with Crippen LogP contribution in [0.1, 0.15) is 16.7 Å². The standard InChI is InChI=1S/C40H51N6S2/c1-41-19-15-37(16-20-41)5-3-35-7-11-39(12-8-35)45-27-23-43(24-28-45)31-33-47-48-34-32-44-25-29-46(30-26-44)40-13-9-36(10-14-40)4-6-38-17-21-42(2)22-18-38/h3-21H,22-34H2,1-2H3/q+1/b6-4+. The number of rotatable bonds is 13. The number of anilines is 2. The van der Waals surface area contributed by atoms with Gasteiger partial charge in [0.05, 0.1) is 0 Å². The van der Waals surface area contributed by atoms with Crippen molar-refractivity contribution in [3.05, 3.63) is 120 Å². The number of aryl methyl sites for hydroxylation is 1. The van der Waals surface area contributed by atoms with Crippen LogP contribution in [0.3, 0.4) is 0 Å². The first-order chi connectivity index (χ1) is 23.6. The fraction of sp³-hybridized carbons (Fsp3) is 0.375. The Kier molecular flexibility index (Phi) is 12.8. The first kappa shape index (κ1) is 34.4. The Morgan fingerprint density at radius 1 is 0.604 bits per heavy atom. The Hall–Kier alpha value is -3.43. The van der Waals surface area contributed by atoms with Crippen LogP contribution in [0.2, 0.25) is 0 Å². The third-order valence-corrected chi connectivity index (χ3v) is 11.8. The van der Waals surface area contributed by atoms with Gasteiger partial charge in [-0.2, -0.15) is 0 Å². The molecule has 2 aromatic carbocycles. The van der Waals surface area contributed by atoms with E-state index in [2.05, 4.69) is 173 Å². The van der Waals surface area contributed by atoms with Crippen LogP contribution < -0.4 is 14.4 Å². The van der Waals surface area contributed by atoms with Crippen molar-refractivity contribution in [2.24, 2.45) is 7.05 Å². The first-order valence-electron chi connectivity index (χ1n) is 17.4. The fourth-order valence-corrected chi connectivity index (χ4v) is 8.28. The molecule has 8 heteroatoms. The summed E-state index contributed by atoms with van der Waals surface area (Å²) >= 11 is 0. The van der Waals surface area contributed by atoms with Crippen LogP contribution in [0.25, 0.3) is 18.2 Å². The number of hydrogen-bond acceptors (Lipinski definition) is 7. The third kappa shape index (κ3) is 10.5. The highest BCUT2D eigenvalue weighted by Gasteiger charge is 2.18. The molecule has 6 rings (SSSR count). The molecule has 3 aromatic rings. The van der Waals surface area contributed by atoms with Gasteiger partial charge in [-0.05, 0) is 58.8 Å². The Balaban J connectivity index is 0.805. The summed E-state index contributed by atoms with van der Waals surface area (Å²) in [5, 5.41) is 0. The van der Waals surface area contributed by atoms with Gasteiger partial charge < -0.3 is 14.7 Å². The number of piperazine rings is 2. The van der Waals surface area contributed by atoms with Crippen LogP contribution in [0, 0.1) is 0 Å². The van der Waals surface area contributed by atoms with Crippen LogP contribution >= 0.6 is 21.6 Å². The van der Waals surface area contributed by atoms with E-state index in [1.807, 2.05) is 7.05 Å². The van der Waals surface area contributed by atoms with Crippen molar-refractivity contribution in [2.75, 3.05) is 100 Å². The number of aromatic nitrogens is 1. The summed E-state index contributed by atoms with van der Waals surface area (Å²) in [4.78, 5) is 12.5. The average molecular weight is 680 g/mol. The zero-order valence-corrected chi connectivity index (χ0v) is 30.3. The fourth-order valence-electron chi connectivity index (χ4n) is 6.23. The van der Waals surface area contributed by atoms with E-state index < -0.39 is 0 Å². The quantitative estimate of drug-likeness (QED) is 0.117. The van der Waals surface area contributed by atoms with Crippen molar-refractivity contribution in [2.45, 2.75) is 0 Å². The van der Waals surface area contributed by atoms with Gasteiger partial charge in [0.25, 0.3) is 0 Å². The van der Waals surface area contributed by atoms with Crippen molar-refractivity contribution in [3.63, 3.8) is 0 Å². The van der Waals surface area contributed by atoms with E-state index in [-0.39, 0.29) is 0 Å². The highest BCUT2D eigenvalue weighted by atomic mass is 33.1. The van der Waals surface area contributed by atoms with Gasteiger partial charge in [-0.1, -0.05) is 76.2 Å². The van der Waals surface area contributed by atoms with Crippen molar-refractivity contribution in [3.8, 4) is 0 Å². The molecule has 0 unspecified atom stereocenters. The van der Waals surface area contributed by atoms with E-state index in [1.54, 1.807) is 0 Å². The van der Waals surface area contributed by atoms with Gasteiger partial charge in [-0.15, -0.1) is 0 Å². The second kappa shape index (κ2) is 17.8. The normalized spacial score (nSPS) is 18.0. The lowest BCUT2D eigenvalue weighted by atomic mass is 10.1. The second-order valence-electron chi connectivity index (χ2n) is 12.9. The number of likely N-dealkylation sites (N-methyl/N-ethyl adjacent to an activating group) is 1. The first-order valence-corrected chi connectivity index (χ1v) is 19.9. The maximum absolute atomic E-state index is 2.63. The number of benzene rings is 2. The highest BCUT2D eigenvalue weighted by molar-refractivity contribution is 8.76. The molecule has 252 valence electrons. The maximum atomic E-state index is 2.63. The Morgan fingerprint density at radius 3 is 1.52 bits per heavy atom. The summed E-state index contributed by atoms with van der Waals surface area (Å²) in [7, 11) is 8.25. The van der Waals surface area contributed by atoms with Gasteiger partial charge in [-0.3, -0.25) is 9.80 Å². The summed E-state index contributed by atoms with van der Waals surface area (Å²) < 4.78 is 2.06. The van der Waals surface area contributed by atoms with Crippen LogP contribution in [0.15, 0.2) is 103 Å². The van der Waals surface area contributed by atoms with Crippen molar-refractivity contribution in [1.29, 1.82) is 0 Å². The molecule has 3 aliphatic rings. The molecule has 48 heavy (non-hydrogen) atoms. The molecule has 1 aromatic heterocycles. The van der Waals surface area contributed by atoms with Crippen molar-refractivity contribution >= 4 is 51.2 Å². The topological polar surface area (TPSA) is 20.1 Å². The molecular weight excluding hydrogens is 629 g/mol. The minimum Gasteiger partial charge on any atom is -0.377 e. The summed E-state index contributed by atoms with van der Waals surface area (Å²) in [6, 6.07) is 22.4. The van der Waals surface area contributed by atoms with E-state index in [0.29, 0.717) is 0 Å². The molecule has 0 radical (unpaired) electrons. The number of pyridine rings is 1. The summed E-state index contributed by atoms with van der Waals surface area (Å²) in [6.45, 7) is 12.4. The minimum absolute atomic E-state index is 0.975. The van der Waals surface area contributed by atoms with Crippen LogP contribution in [0.5, 0.6) is 0 Å². The van der Waals surface area contributed by atoms with Crippen molar-refractivity contribution in [1.82, 2.24) is 14.7 Å². The van der Waals surface area contributed by atoms with Crippen LogP contribution in [0.4, 0.5) is 11.4 Å². The number of allylic oxidation sites excluding steroid dienone is 3. The van der Waals surface area contributed by atoms with Gasteiger partial charge in [0.2, 0.25) is 0 Å². The van der Waals surface area contributed by atoms with E-state index in [4.69, 9.17) is 0 Å². The molecule has 0 saturated carbocycles. The molecule has 0 amide bonds. The van der Waals surface area contributed by atoms with Gasteiger partial charge in [0.1, 0.15) is 7.05 Å². The molecule has 0 N–H and O–H groups in total. The highest BCUT2D eigenvalue weighted by Crippen LogP contribution is 2.24. The van der Waals surface area contributed by atoms with Crippen molar-refractivity contribution < 1.29 is 4.57 Å². The number of hydrogen-bond donors (Lipinski definition) is 0. The Labute approximate surface area is 296 Å². The molecule has 0 bridgehead atoms. The van der Waals surface area contributed by atoms with Gasteiger partial charge in [0, 0.05) is 114 Å². The summed E-state index contributed by atoms with van der Waals surface area (Å²) in [6.07, 6.45) is 19.5. The molecule has 4 heterocycles. The predicted molar refractivity (Wildman–Crippen MR) is 211 cm³/mol. The predicted octanol–water partition coefficient (Wildman–Crippen LogP) is 6.41. The lowest BCUT2D eigenvalue weighted by Gasteiger charge is -2.36. The van der Waals surface area contributed by atoms with Gasteiger partial charge >= 0.3 is 0 Å². The van der Waals surface area contributed by atoms with Gasteiger partial charge in [0.15, 0.2) is 12.4 Å². The molecule has 0 atom stereocenters. The molecule has 2 fully saturated rings. The van der Waals surface area contributed by atoms with Crippen LogP contribution in [-0.2, 0) is 7.05 Å². The molecule has 2 saturated heterocycles. The zero-order valence-electron chi connectivity index (χ0n) is 28.7. The molecular formula is C40H51N6S2+. The lowest BCUT2D eigenvalue weighted by molar-refractivity contribution is -0.671. The van der Waals surface area contributed by atoms with Gasteiger partial charge in [-0.25, -0.2) is 4.57 Å². The largest absolute Gasteiger partial charge is 0.377 e. The van der Waals surface area contributed by atoms with E-state index in [0.717, 1.165) is 58.9 Å².